The van der Waals surface area contributed by atoms with Crippen LogP contribution in [0.1, 0.15) is 23.1 Å². The second-order valence-electron chi connectivity index (χ2n) is 5.16. The van der Waals surface area contributed by atoms with Crippen LogP contribution in [0.25, 0.3) is 0 Å². The summed E-state index contributed by atoms with van der Waals surface area (Å²) in [6, 6.07) is 4.93. The van der Waals surface area contributed by atoms with Crippen LogP contribution in [0, 0.1) is 5.82 Å². The molecular weight excluding hydrogens is 229 g/mol. The van der Waals surface area contributed by atoms with Gasteiger partial charge in [-0.3, -0.25) is 4.68 Å². The van der Waals surface area contributed by atoms with Gasteiger partial charge in [0.1, 0.15) is 5.82 Å². The highest BCUT2D eigenvalue weighted by molar-refractivity contribution is 5.40. The summed E-state index contributed by atoms with van der Waals surface area (Å²) in [5.74, 6) is -0.181. The van der Waals surface area contributed by atoms with E-state index in [1.54, 1.807) is 10.7 Å². The third-order valence-electron chi connectivity index (χ3n) is 3.72. The lowest BCUT2D eigenvalue weighted by Crippen LogP contribution is -2.36. The van der Waals surface area contributed by atoms with Crippen molar-refractivity contribution in [1.29, 1.82) is 0 Å². The number of rotatable bonds is 2. The predicted molar refractivity (Wildman–Crippen MR) is 67.5 cm³/mol. The Balaban J connectivity index is 1.94. The largest absolute Gasteiger partial charge is 0.321 e. The molecule has 0 saturated carbocycles. The number of aryl methyl sites for hydroxylation is 2. The van der Waals surface area contributed by atoms with E-state index in [9.17, 15) is 4.39 Å². The summed E-state index contributed by atoms with van der Waals surface area (Å²) in [4.78, 5) is 0. The lowest BCUT2D eigenvalue weighted by molar-refractivity contribution is 0.438. The van der Waals surface area contributed by atoms with Crippen LogP contribution in [0.5, 0.6) is 0 Å². The molecule has 2 N–H and O–H groups in total. The topological polar surface area (TPSA) is 43.8 Å². The third kappa shape index (κ3) is 1.82. The zero-order valence-electron chi connectivity index (χ0n) is 10.4. The second kappa shape index (κ2) is 3.92. The number of halogens is 1. The van der Waals surface area contributed by atoms with Gasteiger partial charge in [0.15, 0.2) is 0 Å². The Hall–Kier alpha value is -1.68. The monoisotopic (exact) mass is 245 g/mol. The van der Waals surface area contributed by atoms with Gasteiger partial charge >= 0.3 is 0 Å². The molecule has 4 heteroatoms. The van der Waals surface area contributed by atoms with E-state index in [2.05, 4.69) is 5.10 Å². The fourth-order valence-electron chi connectivity index (χ4n) is 2.86. The number of aromatic nitrogens is 2. The molecule has 0 amide bonds. The average Bonchev–Trinajstić information content (AvgIpc) is 2.84. The summed E-state index contributed by atoms with van der Waals surface area (Å²) >= 11 is 0. The van der Waals surface area contributed by atoms with Crippen molar-refractivity contribution >= 4 is 0 Å². The van der Waals surface area contributed by atoms with Crippen LogP contribution >= 0.6 is 0 Å². The Labute approximate surface area is 105 Å². The van der Waals surface area contributed by atoms with Gasteiger partial charge in [0.05, 0.1) is 6.20 Å². The van der Waals surface area contributed by atoms with Crippen molar-refractivity contribution in [1.82, 2.24) is 9.78 Å². The summed E-state index contributed by atoms with van der Waals surface area (Å²) < 4.78 is 15.0. The van der Waals surface area contributed by atoms with Gasteiger partial charge in [0.2, 0.25) is 0 Å². The fourth-order valence-corrected chi connectivity index (χ4v) is 2.86. The zero-order valence-corrected chi connectivity index (χ0v) is 10.4. The van der Waals surface area contributed by atoms with Crippen LogP contribution in [-0.2, 0) is 25.4 Å². The molecule has 0 fully saturated rings. The van der Waals surface area contributed by atoms with E-state index in [4.69, 9.17) is 5.73 Å². The Morgan fingerprint density at radius 1 is 1.50 bits per heavy atom. The standard InChI is InChI=1S/C14H16FN3/c1-18-9-10(8-17-18)7-14(16)5-4-11-6-12(15)2-3-13(11)14/h2-3,6,8-9H,4-5,7,16H2,1H3. The molecule has 0 bridgehead atoms. The van der Waals surface area contributed by atoms with Gasteiger partial charge in [0, 0.05) is 18.8 Å². The minimum absolute atomic E-state index is 0.181. The molecule has 1 aromatic heterocycles. The molecule has 1 aromatic carbocycles. The zero-order chi connectivity index (χ0) is 12.8. The van der Waals surface area contributed by atoms with Crippen LogP contribution in [0.3, 0.4) is 0 Å². The van der Waals surface area contributed by atoms with Gasteiger partial charge in [-0.1, -0.05) is 6.07 Å². The molecule has 0 aliphatic heterocycles. The molecular formula is C14H16FN3. The van der Waals surface area contributed by atoms with E-state index in [0.717, 1.165) is 36.0 Å². The first kappa shape index (κ1) is 11.4. The first-order valence-electron chi connectivity index (χ1n) is 6.12. The Morgan fingerprint density at radius 2 is 2.33 bits per heavy atom. The molecule has 18 heavy (non-hydrogen) atoms. The van der Waals surface area contributed by atoms with Crippen LogP contribution in [-0.4, -0.2) is 9.78 Å². The van der Waals surface area contributed by atoms with Crippen LogP contribution in [0.4, 0.5) is 4.39 Å². The number of fused-ring (bicyclic) bond motifs is 1. The summed E-state index contributed by atoms with van der Waals surface area (Å²) in [5.41, 5.74) is 9.36. The highest BCUT2D eigenvalue weighted by atomic mass is 19.1. The van der Waals surface area contributed by atoms with Crippen molar-refractivity contribution in [3.05, 3.63) is 53.1 Å². The molecule has 0 spiro atoms. The van der Waals surface area contributed by atoms with Crippen molar-refractivity contribution in [2.45, 2.75) is 24.8 Å². The van der Waals surface area contributed by atoms with Gasteiger partial charge < -0.3 is 5.73 Å². The summed E-state index contributed by atoms with van der Waals surface area (Å²) in [7, 11) is 1.89. The van der Waals surface area contributed by atoms with Gasteiger partial charge in [-0.15, -0.1) is 0 Å². The Bertz CT molecular complexity index is 590. The molecule has 1 aliphatic rings. The molecule has 1 aliphatic carbocycles. The lowest BCUT2D eigenvalue weighted by Gasteiger charge is -2.24. The quantitative estimate of drug-likeness (QED) is 0.878. The molecule has 0 radical (unpaired) electrons. The minimum atomic E-state index is -0.383. The molecule has 3 rings (SSSR count). The Kier molecular flexibility index (Phi) is 2.48. The van der Waals surface area contributed by atoms with E-state index in [0.29, 0.717) is 0 Å². The number of nitrogens with two attached hydrogens (primary N) is 1. The third-order valence-corrected chi connectivity index (χ3v) is 3.72. The normalized spacial score (nSPS) is 22.2. The summed E-state index contributed by atoms with van der Waals surface area (Å²) in [5, 5.41) is 4.16. The average molecular weight is 245 g/mol. The van der Waals surface area contributed by atoms with E-state index < -0.39 is 0 Å². The maximum absolute atomic E-state index is 13.2. The van der Waals surface area contributed by atoms with E-state index in [-0.39, 0.29) is 11.4 Å². The van der Waals surface area contributed by atoms with Crippen molar-refractivity contribution in [2.75, 3.05) is 0 Å². The molecule has 94 valence electrons. The maximum Gasteiger partial charge on any atom is 0.123 e. The number of benzene rings is 1. The van der Waals surface area contributed by atoms with E-state index in [1.807, 2.05) is 25.5 Å². The molecule has 3 nitrogen and oxygen atoms in total. The van der Waals surface area contributed by atoms with Crippen molar-refractivity contribution in [3.8, 4) is 0 Å². The van der Waals surface area contributed by atoms with Crippen LogP contribution < -0.4 is 5.73 Å². The summed E-state index contributed by atoms with van der Waals surface area (Å²) in [6.45, 7) is 0. The highest BCUT2D eigenvalue weighted by Crippen LogP contribution is 2.37. The molecule has 1 atom stereocenters. The van der Waals surface area contributed by atoms with E-state index >= 15 is 0 Å². The predicted octanol–water partition coefficient (Wildman–Crippen LogP) is 1.90. The smallest absolute Gasteiger partial charge is 0.123 e. The van der Waals surface area contributed by atoms with Crippen molar-refractivity contribution in [2.24, 2.45) is 12.8 Å². The first-order chi connectivity index (χ1) is 8.57. The molecule has 1 unspecified atom stereocenters. The minimum Gasteiger partial charge on any atom is -0.321 e. The maximum atomic E-state index is 13.2. The van der Waals surface area contributed by atoms with Crippen LogP contribution in [0.15, 0.2) is 30.6 Å². The molecule has 2 aromatic rings. The molecule has 1 heterocycles. The van der Waals surface area contributed by atoms with Crippen LogP contribution in [0.2, 0.25) is 0 Å². The van der Waals surface area contributed by atoms with Crippen molar-refractivity contribution < 1.29 is 4.39 Å². The highest BCUT2D eigenvalue weighted by Gasteiger charge is 2.35. The van der Waals surface area contributed by atoms with Gasteiger partial charge in [-0.05, 0) is 48.1 Å². The summed E-state index contributed by atoms with van der Waals surface area (Å²) in [6.07, 6.45) is 6.29. The number of hydrogen-bond donors (Lipinski definition) is 1. The van der Waals surface area contributed by atoms with Crippen molar-refractivity contribution in [3.63, 3.8) is 0 Å². The van der Waals surface area contributed by atoms with E-state index in [1.165, 1.54) is 6.07 Å². The van der Waals surface area contributed by atoms with Gasteiger partial charge in [-0.25, -0.2) is 4.39 Å². The fraction of sp³-hybridized carbons (Fsp3) is 0.357. The molecule has 0 saturated heterocycles. The SMILES string of the molecule is Cn1cc(CC2(N)CCc3cc(F)ccc32)cn1. The van der Waals surface area contributed by atoms with Gasteiger partial charge in [0.25, 0.3) is 0 Å². The lowest BCUT2D eigenvalue weighted by atomic mass is 9.87. The number of hydrogen-bond acceptors (Lipinski definition) is 2. The first-order valence-corrected chi connectivity index (χ1v) is 6.12. The second-order valence-corrected chi connectivity index (χ2v) is 5.16. The van der Waals surface area contributed by atoms with Gasteiger partial charge in [-0.2, -0.15) is 5.10 Å². The number of nitrogens with zero attached hydrogens (tertiary/aromatic N) is 2. The Morgan fingerprint density at radius 3 is 3.06 bits per heavy atom.